The Kier molecular flexibility index (Phi) is 5.65. The summed E-state index contributed by atoms with van der Waals surface area (Å²) in [7, 11) is 0. The van der Waals surface area contributed by atoms with Crippen molar-refractivity contribution in [1.82, 2.24) is 14.9 Å². The van der Waals surface area contributed by atoms with Crippen LogP contribution in [0, 0.1) is 0 Å². The van der Waals surface area contributed by atoms with Crippen molar-refractivity contribution in [1.29, 1.82) is 0 Å². The van der Waals surface area contributed by atoms with Gasteiger partial charge in [0.15, 0.2) is 0 Å². The number of aromatic nitrogens is 2. The van der Waals surface area contributed by atoms with E-state index in [1.54, 1.807) is 6.92 Å². The third-order valence-corrected chi connectivity index (χ3v) is 3.37. The van der Waals surface area contributed by atoms with Crippen molar-refractivity contribution in [2.75, 3.05) is 6.54 Å². The molecular weight excluding hydrogens is 294 g/mol. The summed E-state index contributed by atoms with van der Waals surface area (Å²) >= 11 is 0. The molecule has 122 valence electrons. The van der Waals surface area contributed by atoms with E-state index in [0.717, 1.165) is 5.56 Å². The fraction of sp³-hybridized carbons (Fsp3) is 0.353. The highest BCUT2D eigenvalue weighted by atomic mass is 16.3. The molecule has 1 heterocycles. The molecule has 1 amide bonds. The van der Waals surface area contributed by atoms with Crippen LogP contribution in [0.2, 0.25) is 0 Å². The molecule has 6 heteroatoms. The van der Waals surface area contributed by atoms with E-state index in [0.29, 0.717) is 17.9 Å². The van der Waals surface area contributed by atoms with E-state index in [4.69, 9.17) is 0 Å². The number of nitrogens with zero attached hydrogens (tertiary/aromatic N) is 2. The number of aliphatic hydroxyl groups excluding tert-OH is 1. The smallest absolute Gasteiger partial charge is 0.254 e. The molecule has 6 nitrogen and oxygen atoms in total. The van der Waals surface area contributed by atoms with Gasteiger partial charge in [0.1, 0.15) is 12.4 Å². The average molecular weight is 315 g/mol. The molecule has 0 aliphatic heterocycles. The van der Waals surface area contributed by atoms with E-state index in [1.165, 1.54) is 10.6 Å². The molecule has 0 radical (unpaired) electrons. The number of nitrogens with one attached hydrogen (secondary N) is 1. The number of hydrogen-bond donors (Lipinski definition) is 2. The van der Waals surface area contributed by atoms with Gasteiger partial charge >= 0.3 is 0 Å². The highest BCUT2D eigenvalue weighted by Crippen LogP contribution is 2.15. The van der Waals surface area contributed by atoms with E-state index in [2.05, 4.69) is 10.3 Å². The molecule has 1 unspecified atom stereocenters. The van der Waals surface area contributed by atoms with Crippen molar-refractivity contribution in [2.24, 2.45) is 0 Å². The first-order chi connectivity index (χ1) is 11.0. The van der Waals surface area contributed by atoms with Gasteiger partial charge in [-0.2, -0.15) is 0 Å². The SMILES string of the molecule is CCc1nc(-c2ccccc2)cc(=O)n1CC(=O)NCC(C)O. The summed E-state index contributed by atoms with van der Waals surface area (Å²) < 4.78 is 1.36. The third kappa shape index (κ3) is 4.50. The van der Waals surface area contributed by atoms with Gasteiger partial charge in [-0.15, -0.1) is 0 Å². The van der Waals surface area contributed by atoms with Crippen LogP contribution >= 0.6 is 0 Å². The lowest BCUT2D eigenvalue weighted by atomic mass is 10.1. The summed E-state index contributed by atoms with van der Waals surface area (Å²) in [6, 6.07) is 10.9. The van der Waals surface area contributed by atoms with Crippen LogP contribution in [0.4, 0.5) is 0 Å². The predicted molar refractivity (Wildman–Crippen MR) is 88.0 cm³/mol. The monoisotopic (exact) mass is 315 g/mol. The molecule has 0 spiro atoms. The Labute approximate surface area is 134 Å². The van der Waals surface area contributed by atoms with E-state index >= 15 is 0 Å². The van der Waals surface area contributed by atoms with Crippen LogP contribution in [0.1, 0.15) is 19.7 Å². The van der Waals surface area contributed by atoms with E-state index in [1.807, 2.05) is 37.3 Å². The summed E-state index contributed by atoms with van der Waals surface area (Å²) in [4.78, 5) is 28.7. The minimum atomic E-state index is -0.625. The zero-order valence-electron chi connectivity index (χ0n) is 13.3. The minimum Gasteiger partial charge on any atom is -0.392 e. The van der Waals surface area contributed by atoms with Gasteiger partial charge in [0.2, 0.25) is 5.91 Å². The van der Waals surface area contributed by atoms with E-state index in [-0.39, 0.29) is 24.6 Å². The topological polar surface area (TPSA) is 84.2 Å². The number of aliphatic hydroxyl groups is 1. The van der Waals surface area contributed by atoms with Gasteiger partial charge in [-0.3, -0.25) is 14.2 Å². The summed E-state index contributed by atoms with van der Waals surface area (Å²) in [5.74, 6) is 0.237. The molecule has 1 aromatic heterocycles. The van der Waals surface area contributed by atoms with Gasteiger partial charge in [0, 0.05) is 24.6 Å². The Hall–Kier alpha value is -2.47. The fourth-order valence-electron chi connectivity index (χ4n) is 2.21. The number of benzene rings is 1. The molecule has 2 N–H and O–H groups in total. The second-order valence-electron chi connectivity index (χ2n) is 5.35. The minimum absolute atomic E-state index is 0.100. The van der Waals surface area contributed by atoms with Crippen molar-refractivity contribution in [3.8, 4) is 11.3 Å². The van der Waals surface area contributed by atoms with Crippen molar-refractivity contribution < 1.29 is 9.90 Å². The Morgan fingerprint density at radius 2 is 2.04 bits per heavy atom. The van der Waals surface area contributed by atoms with Crippen LogP contribution in [0.5, 0.6) is 0 Å². The number of carbonyl (C=O) groups excluding carboxylic acids is 1. The zero-order valence-corrected chi connectivity index (χ0v) is 13.3. The molecular formula is C17H21N3O3. The molecule has 1 aromatic carbocycles. The zero-order chi connectivity index (χ0) is 16.8. The molecule has 0 aliphatic rings. The summed E-state index contributed by atoms with van der Waals surface area (Å²) in [5.41, 5.74) is 1.21. The Balaban J connectivity index is 2.28. The maximum absolute atomic E-state index is 12.4. The van der Waals surface area contributed by atoms with E-state index in [9.17, 15) is 14.7 Å². The van der Waals surface area contributed by atoms with Gasteiger partial charge < -0.3 is 10.4 Å². The number of aryl methyl sites for hydroxylation is 1. The average Bonchev–Trinajstić information content (AvgIpc) is 2.55. The van der Waals surface area contributed by atoms with Crippen LogP contribution in [0.3, 0.4) is 0 Å². The maximum atomic E-state index is 12.4. The summed E-state index contributed by atoms with van der Waals surface area (Å²) in [5, 5.41) is 11.8. The molecule has 0 aliphatic carbocycles. The molecule has 2 aromatic rings. The molecule has 2 rings (SSSR count). The molecule has 0 fully saturated rings. The van der Waals surface area contributed by atoms with Crippen LogP contribution in [-0.4, -0.2) is 33.2 Å². The van der Waals surface area contributed by atoms with Crippen LogP contribution in [0.25, 0.3) is 11.3 Å². The Bertz CT molecular complexity index is 724. The molecule has 0 saturated carbocycles. The lowest BCUT2D eigenvalue weighted by Gasteiger charge is -2.13. The molecule has 23 heavy (non-hydrogen) atoms. The van der Waals surface area contributed by atoms with E-state index < -0.39 is 6.10 Å². The van der Waals surface area contributed by atoms with Crippen molar-refractivity contribution in [3.05, 3.63) is 52.6 Å². The third-order valence-electron chi connectivity index (χ3n) is 3.37. The number of hydrogen-bond acceptors (Lipinski definition) is 4. The van der Waals surface area contributed by atoms with Gasteiger partial charge in [-0.25, -0.2) is 4.98 Å². The van der Waals surface area contributed by atoms with Gasteiger partial charge in [0.25, 0.3) is 5.56 Å². The van der Waals surface area contributed by atoms with Crippen LogP contribution < -0.4 is 10.9 Å². The van der Waals surface area contributed by atoms with Gasteiger partial charge in [0.05, 0.1) is 11.8 Å². The largest absolute Gasteiger partial charge is 0.392 e. The number of carbonyl (C=O) groups is 1. The number of amides is 1. The second kappa shape index (κ2) is 7.69. The first kappa shape index (κ1) is 16.9. The molecule has 0 saturated heterocycles. The highest BCUT2D eigenvalue weighted by molar-refractivity contribution is 5.75. The van der Waals surface area contributed by atoms with Gasteiger partial charge in [-0.1, -0.05) is 37.3 Å². The summed E-state index contributed by atoms with van der Waals surface area (Å²) in [6.45, 7) is 3.53. The van der Waals surface area contributed by atoms with Gasteiger partial charge in [-0.05, 0) is 6.92 Å². The fourth-order valence-corrected chi connectivity index (χ4v) is 2.21. The normalized spacial score (nSPS) is 12.0. The first-order valence-corrected chi connectivity index (χ1v) is 7.62. The lowest BCUT2D eigenvalue weighted by molar-refractivity contribution is -0.122. The second-order valence-corrected chi connectivity index (χ2v) is 5.35. The molecule has 1 atom stereocenters. The van der Waals surface area contributed by atoms with Crippen LogP contribution in [0.15, 0.2) is 41.2 Å². The van der Waals surface area contributed by atoms with Crippen molar-refractivity contribution in [3.63, 3.8) is 0 Å². The Morgan fingerprint density at radius 3 is 2.65 bits per heavy atom. The standard InChI is InChI=1S/C17H21N3O3/c1-3-15-19-14(13-7-5-4-6-8-13)9-17(23)20(15)11-16(22)18-10-12(2)21/h4-9,12,21H,3,10-11H2,1-2H3,(H,18,22). The lowest BCUT2D eigenvalue weighted by Crippen LogP contribution is -2.37. The predicted octanol–water partition coefficient (Wildman–Crippen LogP) is 0.970. The summed E-state index contributed by atoms with van der Waals surface area (Å²) in [6.07, 6.45) is -0.0838. The van der Waals surface area contributed by atoms with Crippen molar-refractivity contribution in [2.45, 2.75) is 32.9 Å². The van der Waals surface area contributed by atoms with Crippen molar-refractivity contribution >= 4 is 5.91 Å². The Morgan fingerprint density at radius 1 is 1.35 bits per heavy atom. The molecule has 0 bridgehead atoms. The highest BCUT2D eigenvalue weighted by Gasteiger charge is 2.12. The maximum Gasteiger partial charge on any atom is 0.254 e. The number of rotatable bonds is 6. The first-order valence-electron chi connectivity index (χ1n) is 7.62. The van der Waals surface area contributed by atoms with Crippen LogP contribution in [-0.2, 0) is 17.8 Å². The quantitative estimate of drug-likeness (QED) is 0.832.